The van der Waals surface area contributed by atoms with Gasteiger partial charge < -0.3 is 24.0 Å². The highest BCUT2D eigenvalue weighted by atomic mass is 16.3. The Kier molecular flexibility index (Phi) is 16.7. The molecular formula is C96H68N4O. The molecule has 5 heteroatoms. The molecule has 16 aromatic carbocycles. The van der Waals surface area contributed by atoms with E-state index >= 15 is 0 Å². The van der Waals surface area contributed by atoms with Gasteiger partial charge in [-0.25, -0.2) is 0 Å². The molecule has 101 heavy (non-hydrogen) atoms. The van der Waals surface area contributed by atoms with Gasteiger partial charge in [-0.05, 0) is 219 Å². The number of rotatable bonds is 18. The minimum Gasteiger partial charge on any atom is -0.455 e. The first-order valence-corrected chi connectivity index (χ1v) is 34.4. The van der Waals surface area contributed by atoms with Crippen LogP contribution in [0.3, 0.4) is 0 Å². The maximum absolute atomic E-state index is 6.53. The number of nitrogens with zero attached hydrogens (tertiary/aromatic N) is 4. The van der Waals surface area contributed by atoms with Gasteiger partial charge in [0.2, 0.25) is 0 Å². The van der Waals surface area contributed by atoms with Gasteiger partial charge in [0.05, 0.1) is 0 Å². The molecule has 0 atom stereocenters. The van der Waals surface area contributed by atoms with Crippen LogP contribution in [0.1, 0.15) is 0 Å². The van der Waals surface area contributed by atoms with Crippen molar-refractivity contribution in [3.63, 3.8) is 0 Å². The molecule has 0 saturated heterocycles. The minimum atomic E-state index is 0.888. The van der Waals surface area contributed by atoms with Crippen molar-refractivity contribution in [2.75, 3.05) is 19.6 Å². The minimum absolute atomic E-state index is 0.888. The quantitative estimate of drug-likeness (QED) is 0.0853. The number of para-hydroxylation sites is 6. The Morgan fingerprint density at radius 1 is 0.149 bits per heavy atom. The van der Waals surface area contributed by atoms with E-state index in [1.165, 1.54) is 16.7 Å². The van der Waals surface area contributed by atoms with Gasteiger partial charge in [-0.2, -0.15) is 0 Å². The maximum Gasteiger partial charge on any atom is 0.143 e. The molecule has 1 aromatic heterocycles. The average molecular weight is 1290 g/mol. The summed E-state index contributed by atoms with van der Waals surface area (Å²) in [4.78, 5) is 9.29. The molecule has 5 nitrogen and oxygen atoms in total. The van der Waals surface area contributed by atoms with Crippen LogP contribution in [0.4, 0.5) is 68.2 Å². The highest BCUT2D eigenvalue weighted by molar-refractivity contribution is 6.09. The predicted molar refractivity (Wildman–Crippen MR) is 425 cm³/mol. The van der Waals surface area contributed by atoms with Crippen molar-refractivity contribution in [3.8, 4) is 66.8 Å². The van der Waals surface area contributed by atoms with E-state index in [-0.39, 0.29) is 0 Å². The van der Waals surface area contributed by atoms with Crippen LogP contribution in [0.5, 0.6) is 0 Å². The molecule has 0 amide bonds. The Labute approximate surface area is 589 Å². The molecule has 478 valence electrons. The van der Waals surface area contributed by atoms with Crippen LogP contribution in [-0.4, -0.2) is 0 Å². The van der Waals surface area contributed by atoms with E-state index < -0.39 is 0 Å². The summed E-state index contributed by atoms with van der Waals surface area (Å²) in [7, 11) is 0. The Balaban J connectivity index is 0.683. The fourth-order valence-electron chi connectivity index (χ4n) is 14.0. The maximum atomic E-state index is 6.53. The predicted octanol–water partition coefficient (Wildman–Crippen LogP) is 27.5. The Bertz CT molecular complexity index is 5540. The van der Waals surface area contributed by atoms with E-state index in [0.717, 1.165) is 140 Å². The molecule has 1 heterocycles. The van der Waals surface area contributed by atoms with Crippen molar-refractivity contribution in [3.05, 3.63) is 413 Å². The first-order valence-electron chi connectivity index (χ1n) is 34.4. The van der Waals surface area contributed by atoms with E-state index in [1.54, 1.807) is 0 Å². The average Bonchev–Trinajstić information content (AvgIpc) is 1.57. The van der Waals surface area contributed by atoms with Gasteiger partial charge in [0.25, 0.3) is 0 Å². The van der Waals surface area contributed by atoms with Crippen molar-refractivity contribution < 1.29 is 4.42 Å². The van der Waals surface area contributed by atoms with Gasteiger partial charge >= 0.3 is 0 Å². The lowest BCUT2D eigenvalue weighted by Crippen LogP contribution is -2.10. The van der Waals surface area contributed by atoms with Crippen LogP contribution in [0.25, 0.3) is 88.7 Å². The summed E-state index contributed by atoms with van der Waals surface area (Å²) in [6.45, 7) is 0. The van der Waals surface area contributed by atoms with E-state index in [4.69, 9.17) is 4.42 Å². The van der Waals surface area contributed by atoms with Crippen LogP contribution in [0.15, 0.2) is 417 Å². The molecule has 0 aliphatic carbocycles. The molecular weight excluding hydrogens is 1230 g/mol. The molecule has 17 rings (SSSR count). The summed E-state index contributed by atoms with van der Waals surface area (Å²) in [6, 6.07) is 148. The number of benzene rings is 16. The van der Waals surface area contributed by atoms with Gasteiger partial charge in [-0.15, -0.1) is 0 Å². The molecule has 0 radical (unpaired) electrons. The third kappa shape index (κ3) is 12.6. The SMILES string of the molecule is c1ccc(-c2cccc(-c3ccc(N(c4ccc(-c5ccc(N(c6ccccc6)c6ccccc6)cc5)cc4)c4ccc(-c5ccc(N(c6ccc(-c7ccc(N(c8ccccc8)c8ccccc8)cc7)cc6)c6ccc(-c7cccc8c7oc7ccccc78)cc6)cc5)cc4)cc3)c2)cc1. The van der Waals surface area contributed by atoms with Crippen molar-refractivity contribution >= 4 is 90.2 Å². The van der Waals surface area contributed by atoms with E-state index in [1.807, 2.05) is 12.1 Å². The van der Waals surface area contributed by atoms with Crippen molar-refractivity contribution in [1.29, 1.82) is 0 Å². The largest absolute Gasteiger partial charge is 0.455 e. The zero-order chi connectivity index (χ0) is 67.3. The fraction of sp³-hybridized carbons (Fsp3) is 0. The molecule has 17 aromatic rings. The zero-order valence-electron chi connectivity index (χ0n) is 55.5. The van der Waals surface area contributed by atoms with Crippen LogP contribution >= 0.6 is 0 Å². The number of hydrogen-bond donors (Lipinski definition) is 0. The van der Waals surface area contributed by atoms with E-state index in [2.05, 4.69) is 420 Å². The van der Waals surface area contributed by atoms with E-state index in [9.17, 15) is 0 Å². The summed E-state index contributed by atoms with van der Waals surface area (Å²) < 4.78 is 6.53. The lowest BCUT2D eigenvalue weighted by Gasteiger charge is -2.27. The third-order valence-electron chi connectivity index (χ3n) is 19.1. The van der Waals surface area contributed by atoms with Crippen LogP contribution < -0.4 is 19.6 Å². The van der Waals surface area contributed by atoms with Crippen LogP contribution in [-0.2, 0) is 0 Å². The van der Waals surface area contributed by atoms with Gasteiger partial charge in [0.1, 0.15) is 11.2 Å². The van der Waals surface area contributed by atoms with Gasteiger partial charge in [0.15, 0.2) is 0 Å². The standard InChI is InChI=1S/C96H68N4O/c1-6-20-69(21-7-1)78-22-18-23-79(68-78)76-48-64-90(65-49-76)99(86-56-40-72(41-57-86)70-36-52-84(53-37-70)97(80-24-8-2-9-25-80)81-26-10-3-11-27-81)87-58-42-74(43-59-87)75-46-62-89(63-47-75)100(91-66-50-77(51-67-91)92-33-19-34-94-93-32-16-17-35-95(93)101-96(92)94)88-60-44-73(45-61-88)71-38-54-85(55-39-71)98(82-28-12-4-13-29-82)83-30-14-5-15-31-83/h1-68H. The Hall–Kier alpha value is -13.5. The Morgan fingerprint density at radius 3 is 0.683 bits per heavy atom. The van der Waals surface area contributed by atoms with Crippen molar-refractivity contribution in [2.24, 2.45) is 0 Å². The molecule has 0 N–H and O–H groups in total. The highest BCUT2D eigenvalue weighted by Crippen LogP contribution is 2.44. The topological polar surface area (TPSA) is 26.1 Å². The van der Waals surface area contributed by atoms with Gasteiger partial charge in [0, 0.05) is 84.6 Å². The first-order chi connectivity index (χ1) is 50.1. The van der Waals surface area contributed by atoms with Crippen LogP contribution in [0, 0.1) is 0 Å². The lowest BCUT2D eigenvalue weighted by molar-refractivity contribution is 0.670. The number of anilines is 12. The summed E-state index contributed by atoms with van der Waals surface area (Å²) in [5, 5.41) is 2.23. The molecule has 0 bridgehead atoms. The molecule has 0 unspecified atom stereocenters. The van der Waals surface area contributed by atoms with Crippen molar-refractivity contribution in [1.82, 2.24) is 0 Å². The fourth-order valence-corrected chi connectivity index (χ4v) is 14.0. The molecule has 0 fully saturated rings. The van der Waals surface area contributed by atoms with Crippen LogP contribution in [0.2, 0.25) is 0 Å². The second-order valence-corrected chi connectivity index (χ2v) is 25.3. The van der Waals surface area contributed by atoms with Gasteiger partial charge in [-0.1, -0.05) is 255 Å². The van der Waals surface area contributed by atoms with E-state index in [0.29, 0.717) is 0 Å². The summed E-state index contributed by atoms with van der Waals surface area (Å²) >= 11 is 0. The summed E-state index contributed by atoms with van der Waals surface area (Å²) in [5.74, 6) is 0. The second kappa shape index (κ2) is 27.6. The summed E-state index contributed by atoms with van der Waals surface area (Å²) in [5.41, 5.74) is 28.4. The van der Waals surface area contributed by atoms with Crippen molar-refractivity contribution in [2.45, 2.75) is 0 Å². The molecule has 0 spiro atoms. The van der Waals surface area contributed by atoms with Gasteiger partial charge in [-0.3, -0.25) is 0 Å². The monoisotopic (exact) mass is 1290 g/mol. The first kappa shape index (κ1) is 61.1. The third-order valence-corrected chi connectivity index (χ3v) is 19.1. The molecule has 0 aliphatic rings. The number of hydrogen-bond acceptors (Lipinski definition) is 5. The molecule has 0 aliphatic heterocycles. The highest BCUT2D eigenvalue weighted by Gasteiger charge is 2.20. The lowest BCUT2D eigenvalue weighted by atomic mass is 9.98. The smallest absolute Gasteiger partial charge is 0.143 e. The molecule has 0 saturated carbocycles. The zero-order valence-corrected chi connectivity index (χ0v) is 55.5. The Morgan fingerprint density at radius 2 is 0.366 bits per heavy atom. The second-order valence-electron chi connectivity index (χ2n) is 25.3. The number of furan rings is 1. The normalized spacial score (nSPS) is 11.2. The number of fused-ring (bicyclic) bond motifs is 3. The summed E-state index contributed by atoms with van der Waals surface area (Å²) in [6.07, 6.45) is 0.